The zero-order valence-corrected chi connectivity index (χ0v) is 16.3. The molecule has 0 saturated heterocycles. The summed E-state index contributed by atoms with van der Waals surface area (Å²) < 4.78 is 4.89. The van der Waals surface area contributed by atoms with Gasteiger partial charge in [0.25, 0.3) is 5.91 Å². The first-order valence-corrected chi connectivity index (χ1v) is 8.79. The molecule has 6 nitrogen and oxygen atoms in total. The topological polar surface area (TPSA) is 84.5 Å². The number of hydrogen-bond donors (Lipinski definition) is 2. The number of carbonyl (C=O) groups excluding carboxylic acids is 3. The number of esters is 1. The summed E-state index contributed by atoms with van der Waals surface area (Å²) in [6.45, 7) is 3.04. The first-order chi connectivity index (χ1) is 12.8. The highest BCUT2D eigenvalue weighted by atomic mass is 35.5. The molecule has 2 rings (SSSR count). The fourth-order valence-electron chi connectivity index (χ4n) is 2.18. The monoisotopic (exact) mass is 408 g/mol. The molecule has 2 aromatic carbocycles. The van der Waals surface area contributed by atoms with Crippen molar-refractivity contribution >= 4 is 46.7 Å². The summed E-state index contributed by atoms with van der Waals surface area (Å²) in [6.07, 6.45) is 0. The van der Waals surface area contributed by atoms with E-state index >= 15 is 0 Å². The van der Waals surface area contributed by atoms with E-state index in [4.69, 9.17) is 27.9 Å². The van der Waals surface area contributed by atoms with Crippen molar-refractivity contribution in [1.29, 1.82) is 0 Å². The van der Waals surface area contributed by atoms with Crippen LogP contribution < -0.4 is 10.6 Å². The van der Waals surface area contributed by atoms with Gasteiger partial charge >= 0.3 is 5.97 Å². The summed E-state index contributed by atoms with van der Waals surface area (Å²) in [5, 5.41) is 5.36. The predicted octanol–water partition coefficient (Wildman–Crippen LogP) is 3.52. The van der Waals surface area contributed by atoms with Crippen LogP contribution in [-0.2, 0) is 14.3 Å². The molecule has 0 heterocycles. The van der Waals surface area contributed by atoms with Crippen molar-refractivity contribution in [2.45, 2.75) is 13.8 Å². The molecule has 0 aliphatic carbocycles. The average molecular weight is 409 g/mol. The molecule has 8 heteroatoms. The van der Waals surface area contributed by atoms with Crippen LogP contribution in [-0.4, -0.2) is 30.9 Å². The Labute approximate surface area is 166 Å². The van der Waals surface area contributed by atoms with Crippen molar-refractivity contribution in [3.63, 3.8) is 0 Å². The largest absolute Gasteiger partial charge is 0.452 e. The Kier molecular flexibility index (Phi) is 7.21. The molecule has 2 aromatic rings. The third kappa shape index (κ3) is 5.70. The summed E-state index contributed by atoms with van der Waals surface area (Å²) in [5.41, 5.74) is 2.73. The smallest absolute Gasteiger partial charge is 0.340 e. The SMILES string of the molecule is Cc1cccc(NC(=O)CNC(=O)COC(=O)c2cccc(Cl)c2Cl)c1C. The third-order valence-corrected chi connectivity index (χ3v) is 4.65. The number of ether oxygens (including phenoxy) is 1. The van der Waals surface area contributed by atoms with Gasteiger partial charge in [0.15, 0.2) is 6.61 Å². The number of aryl methyl sites for hydroxylation is 1. The van der Waals surface area contributed by atoms with Gasteiger partial charge < -0.3 is 15.4 Å². The summed E-state index contributed by atoms with van der Waals surface area (Å²) in [7, 11) is 0. The average Bonchev–Trinajstić information content (AvgIpc) is 2.64. The summed E-state index contributed by atoms with van der Waals surface area (Å²) in [4.78, 5) is 35.7. The van der Waals surface area contributed by atoms with Gasteiger partial charge in [-0.1, -0.05) is 41.4 Å². The van der Waals surface area contributed by atoms with E-state index in [2.05, 4.69) is 10.6 Å². The first kappa shape index (κ1) is 20.7. The van der Waals surface area contributed by atoms with Crippen LogP contribution in [0.4, 0.5) is 5.69 Å². The molecule has 27 heavy (non-hydrogen) atoms. The standard InChI is InChI=1S/C19H18Cl2N2O4/c1-11-5-3-8-15(12(11)2)23-16(24)9-22-17(25)10-27-19(26)13-6-4-7-14(20)18(13)21/h3-8H,9-10H2,1-2H3,(H,22,25)(H,23,24). The second-order valence-electron chi connectivity index (χ2n) is 5.75. The Morgan fingerprint density at radius 2 is 1.70 bits per heavy atom. The fraction of sp³-hybridized carbons (Fsp3) is 0.211. The molecule has 0 bridgehead atoms. The second kappa shape index (κ2) is 9.39. The Balaban J connectivity index is 1.80. The van der Waals surface area contributed by atoms with Crippen molar-refractivity contribution < 1.29 is 19.1 Å². The van der Waals surface area contributed by atoms with Crippen LogP contribution in [0.25, 0.3) is 0 Å². The lowest BCUT2D eigenvalue weighted by molar-refractivity contribution is -0.126. The lowest BCUT2D eigenvalue weighted by atomic mass is 10.1. The molecule has 0 aliphatic rings. The number of amides is 2. The van der Waals surface area contributed by atoms with Gasteiger partial charge in [-0.15, -0.1) is 0 Å². The van der Waals surface area contributed by atoms with E-state index in [0.29, 0.717) is 5.69 Å². The quantitative estimate of drug-likeness (QED) is 0.716. The van der Waals surface area contributed by atoms with Crippen LogP contribution in [0.3, 0.4) is 0 Å². The molecule has 0 fully saturated rings. The molecule has 0 unspecified atom stereocenters. The minimum atomic E-state index is -0.780. The van der Waals surface area contributed by atoms with Crippen LogP contribution in [0.1, 0.15) is 21.5 Å². The summed E-state index contributed by atoms with van der Waals surface area (Å²) in [6, 6.07) is 10.1. The van der Waals surface area contributed by atoms with E-state index < -0.39 is 18.5 Å². The number of hydrogen-bond acceptors (Lipinski definition) is 4. The zero-order valence-electron chi connectivity index (χ0n) is 14.8. The molecule has 0 aromatic heterocycles. The highest BCUT2D eigenvalue weighted by molar-refractivity contribution is 6.43. The van der Waals surface area contributed by atoms with Gasteiger partial charge in [-0.25, -0.2) is 4.79 Å². The Morgan fingerprint density at radius 3 is 2.44 bits per heavy atom. The van der Waals surface area contributed by atoms with E-state index in [9.17, 15) is 14.4 Å². The highest BCUT2D eigenvalue weighted by Crippen LogP contribution is 2.25. The van der Waals surface area contributed by atoms with Crippen molar-refractivity contribution in [3.05, 3.63) is 63.1 Å². The van der Waals surface area contributed by atoms with E-state index in [1.165, 1.54) is 12.1 Å². The van der Waals surface area contributed by atoms with Gasteiger partial charge in [-0.2, -0.15) is 0 Å². The number of rotatable bonds is 6. The maximum absolute atomic E-state index is 12.0. The number of carbonyl (C=O) groups is 3. The molecule has 0 saturated carbocycles. The number of halogens is 2. The molecular formula is C19H18Cl2N2O4. The Bertz CT molecular complexity index is 884. The molecule has 0 spiro atoms. The minimum Gasteiger partial charge on any atom is -0.452 e. The molecule has 142 valence electrons. The van der Waals surface area contributed by atoms with Gasteiger partial charge in [0, 0.05) is 5.69 Å². The van der Waals surface area contributed by atoms with Crippen molar-refractivity contribution in [3.8, 4) is 0 Å². The minimum absolute atomic E-state index is 0.0532. The van der Waals surface area contributed by atoms with E-state index in [0.717, 1.165) is 11.1 Å². The van der Waals surface area contributed by atoms with Gasteiger partial charge in [0.05, 0.1) is 22.2 Å². The molecular weight excluding hydrogens is 391 g/mol. The molecule has 0 atom stereocenters. The maximum atomic E-state index is 12.0. The number of benzene rings is 2. The van der Waals surface area contributed by atoms with E-state index in [1.807, 2.05) is 26.0 Å². The lowest BCUT2D eigenvalue weighted by Crippen LogP contribution is -2.35. The Morgan fingerprint density at radius 1 is 1.00 bits per heavy atom. The predicted molar refractivity (Wildman–Crippen MR) is 104 cm³/mol. The van der Waals surface area contributed by atoms with Crippen molar-refractivity contribution in [2.75, 3.05) is 18.5 Å². The van der Waals surface area contributed by atoms with Crippen molar-refractivity contribution in [1.82, 2.24) is 5.32 Å². The maximum Gasteiger partial charge on any atom is 0.340 e. The summed E-state index contributed by atoms with van der Waals surface area (Å²) >= 11 is 11.7. The zero-order chi connectivity index (χ0) is 20.0. The second-order valence-corrected chi connectivity index (χ2v) is 6.54. The first-order valence-electron chi connectivity index (χ1n) is 8.03. The van der Waals surface area contributed by atoms with Gasteiger partial charge in [-0.05, 0) is 43.2 Å². The van der Waals surface area contributed by atoms with Gasteiger partial charge in [0.2, 0.25) is 5.91 Å². The molecule has 0 aliphatic heterocycles. The number of nitrogens with one attached hydrogen (secondary N) is 2. The summed E-state index contributed by atoms with van der Waals surface area (Å²) in [5.74, 6) is -1.78. The normalized spacial score (nSPS) is 10.2. The number of anilines is 1. The van der Waals surface area contributed by atoms with Crippen LogP contribution in [0.2, 0.25) is 10.0 Å². The van der Waals surface area contributed by atoms with Gasteiger partial charge in [0.1, 0.15) is 0 Å². The van der Waals surface area contributed by atoms with Crippen LogP contribution in [0.15, 0.2) is 36.4 Å². The van der Waals surface area contributed by atoms with Crippen LogP contribution >= 0.6 is 23.2 Å². The van der Waals surface area contributed by atoms with Crippen molar-refractivity contribution in [2.24, 2.45) is 0 Å². The van der Waals surface area contributed by atoms with E-state index in [1.54, 1.807) is 12.1 Å². The van der Waals surface area contributed by atoms with Crippen LogP contribution in [0, 0.1) is 13.8 Å². The molecule has 0 radical (unpaired) electrons. The fourth-order valence-corrected chi connectivity index (χ4v) is 2.56. The van der Waals surface area contributed by atoms with Gasteiger partial charge in [-0.3, -0.25) is 9.59 Å². The van der Waals surface area contributed by atoms with Crippen LogP contribution in [0.5, 0.6) is 0 Å². The molecule has 2 amide bonds. The highest BCUT2D eigenvalue weighted by Gasteiger charge is 2.16. The molecule has 2 N–H and O–H groups in total. The lowest BCUT2D eigenvalue weighted by Gasteiger charge is -2.11. The third-order valence-electron chi connectivity index (χ3n) is 3.83. The Hall–Kier alpha value is -2.57. The van der Waals surface area contributed by atoms with E-state index in [-0.39, 0.29) is 28.1 Å².